The van der Waals surface area contributed by atoms with Crippen LogP contribution in [0.5, 0.6) is 5.75 Å². The van der Waals surface area contributed by atoms with Gasteiger partial charge < -0.3 is 19.9 Å². The summed E-state index contributed by atoms with van der Waals surface area (Å²) >= 11 is 0. The number of anilines is 2. The first kappa shape index (κ1) is 31.1. The van der Waals surface area contributed by atoms with Gasteiger partial charge in [-0.05, 0) is 71.5 Å². The van der Waals surface area contributed by atoms with Gasteiger partial charge in [0.2, 0.25) is 5.91 Å². The van der Waals surface area contributed by atoms with Gasteiger partial charge in [-0.1, -0.05) is 17.3 Å². The molecule has 0 aliphatic carbocycles. The van der Waals surface area contributed by atoms with Crippen LogP contribution in [0, 0.1) is 0 Å². The van der Waals surface area contributed by atoms with E-state index < -0.39 is 18.8 Å². The molecule has 0 bridgehead atoms. The topological polar surface area (TPSA) is 110 Å². The number of aromatic nitrogens is 2. The molecule has 1 saturated heterocycles. The number of carbonyl (C=O) groups excluding carboxylic acids is 2. The van der Waals surface area contributed by atoms with Crippen LogP contribution >= 0.6 is 0 Å². The number of rotatable bonds is 10. The molecule has 0 unspecified atom stereocenters. The van der Waals surface area contributed by atoms with Crippen molar-refractivity contribution >= 4 is 23.3 Å². The van der Waals surface area contributed by atoms with Crippen molar-refractivity contribution in [3.8, 4) is 5.75 Å². The lowest BCUT2D eigenvalue weighted by Crippen LogP contribution is -2.60. The van der Waals surface area contributed by atoms with Crippen LogP contribution in [0.25, 0.3) is 0 Å². The van der Waals surface area contributed by atoms with Crippen molar-refractivity contribution in [2.45, 2.75) is 76.5 Å². The minimum atomic E-state index is -1.44. The molecule has 2 aromatic heterocycles. The van der Waals surface area contributed by atoms with Crippen molar-refractivity contribution in [2.75, 3.05) is 31.0 Å². The molecule has 0 radical (unpaired) electrons. The maximum absolute atomic E-state index is 13.2. The van der Waals surface area contributed by atoms with Crippen LogP contribution in [-0.4, -0.2) is 64.4 Å². The van der Waals surface area contributed by atoms with Crippen LogP contribution in [0.4, 0.5) is 20.3 Å². The molecule has 42 heavy (non-hydrogen) atoms. The highest BCUT2D eigenvalue weighted by atomic mass is 19.1. The van der Waals surface area contributed by atoms with E-state index in [1.807, 2.05) is 0 Å². The lowest BCUT2D eigenvalue weighted by Gasteiger charge is -2.53. The summed E-state index contributed by atoms with van der Waals surface area (Å²) < 4.78 is 37.6. The summed E-state index contributed by atoms with van der Waals surface area (Å²) in [6.45, 7) is 8.32. The van der Waals surface area contributed by atoms with Gasteiger partial charge in [-0.15, -0.1) is 0 Å². The molecule has 1 aromatic carbocycles. The van der Waals surface area contributed by atoms with Gasteiger partial charge in [0, 0.05) is 35.7 Å². The third-order valence-electron chi connectivity index (χ3n) is 8.08. The number of ether oxygens (including phenoxy) is 1. The molecule has 1 aliphatic rings. The van der Waals surface area contributed by atoms with E-state index >= 15 is 0 Å². The summed E-state index contributed by atoms with van der Waals surface area (Å²) in [5, 5.41) is 9.04. The third-order valence-corrected chi connectivity index (χ3v) is 8.08. The average molecular weight is 584 g/mol. The number of alkyl halides is 2. The molecular weight excluding hydrogens is 544 g/mol. The quantitative estimate of drug-likeness (QED) is 0.314. The van der Waals surface area contributed by atoms with E-state index in [1.165, 1.54) is 13.0 Å². The van der Waals surface area contributed by atoms with Crippen LogP contribution in [0.15, 0.2) is 53.2 Å². The van der Waals surface area contributed by atoms with E-state index in [1.54, 1.807) is 42.6 Å². The number of piperidine rings is 1. The highest BCUT2D eigenvalue weighted by Crippen LogP contribution is 2.38. The van der Waals surface area contributed by atoms with Gasteiger partial charge in [0.1, 0.15) is 36.7 Å². The number of pyridine rings is 1. The summed E-state index contributed by atoms with van der Waals surface area (Å²) in [5.41, 5.74) is 0.0284. The summed E-state index contributed by atoms with van der Waals surface area (Å²) in [7, 11) is 2.15. The van der Waals surface area contributed by atoms with Gasteiger partial charge in [0.05, 0.1) is 18.0 Å². The number of nitrogens with one attached hydrogen (secondary N) is 2. The normalized spacial score (nSPS) is 17.0. The Morgan fingerprint density at radius 3 is 2.26 bits per heavy atom. The van der Waals surface area contributed by atoms with Gasteiger partial charge in [-0.2, -0.15) is 0 Å². The highest BCUT2D eigenvalue weighted by molar-refractivity contribution is 6.02. The molecule has 226 valence electrons. The predicted molar refractivity (Wildman–Crippen MR) is 156 cm³/mol. The Balaban J connectivity index is 1.28. The van der Waals surface area contributed by atoms with Crippen LogP contribution in [0.1, 0.15) is 69.3 Å². The maximum atomic E-state index is 13.2. The molecule has 11 heteroatoms. The minimum absolute atomic E-state index is 0.00340. The Bertz CT molecular complexity index is 1370. The second kappa shape index (κ2) is 12.2. The van der Waals surface area contributed by atoms with Crippen LogP contribution in [0.3, 0.4) is 0 Å². The van der Waals surface area contributed by atoms with E-state index in [-0.39, 0.29) is 52.7 Å². The zero-order chi connectivity index (χ0) is 30.7. The Morgan fingerprint density at radius 1 is 1.05 bits per heavy atom. The van der Waals surface area contributed by atoms with Crippen LogP contribution in [-0.2, 0) is 16.6 Å². The molecule has 1 aliphatic heterocycles. The summed E-state index contributed by atoms with van der Waals surface area (Å²) in [6, 6.07) is 11.5. The maximum Gasteiger partial charge on any atom is 0.274 e. The Morgan fingerprint density at radius 2 is 1.69 bits per heavy atom. The van der Waals surface area contributed by atoms with E-state index in [2.05, 4.69) is 60.4 Å². The predicted octanol–water partition coefficient (Wildman–Crippen LogP) is 5.73. The second-order valence-electron chi connectivity index (χ2n) is 12.5. The number of hydrogen-bond acceptors (Lipinski definition) is 7. The largest absolute Gasteiger partial charge is 0.489 e. The molecule has 0 saturated carbocycles. The molecule has 0 spiro atoms. The monoisotopic (exact) mass is 583 g/mol. The number of benzene rings is 1. The van der Waals surface area contributed by atoms with E-state index in [9.17, 15) is 18.4 Å². The zero-order valence-electron chi connectivity index (χ0n) is 25.0. The molecule has 2 N–H and O–H groups in total. The fraction of sp³-hybridized carbons (Fsp3) is 0.484. The Hall–Kier alpha value is -3.86. The highest BCUT2D eigenvalue weighted by Gasteiger charge is 2.44. The summed E-state index contributed by atoms with van der Waals surface area (Å²) in [6.07, 6.45) is 3.40. The molecule has 4 rings (SSSR count). The van der Waals surface area contributed by atoms with Crippen LogP contribution in [0.2, 0.25) is 0 Å². The molecule has 2 amide bonds. The number of likely N-dealkylation sites (tertiary alicyclic amines) is 1. The van der Waals surface area contributed by atoms with Crippen molar-refractivity contribution in [3.63, 3.8) is 0 Å². The van der Waals surface area contributed by atoms with E-state index in [0.717, 1.165) is 12.8 Å². The second-order valence-corrected chi connectivity index (χ2v) is 12.5. The average Bonchev–Trinajstić information content (AvgIpc) is 3.41. The summed E-state index contributed by atoms with van der Waals surface area (Å²) in [5.74, 6) is -0.0347. The summed E-state index contributed by atoms with van der Waals surface area (Å²) in [4.78, 5) is 31.9. The first-order valence-corrected chi connectivity index (χ1v) is 13.9. The van der Waals surface area contributed by atoms with Gasteiger partial charge in [0.25, 0.3) is 5.91 Å². The van der Waals surface area contributed by atoms with Gasteiger partial charge in [-0.25, -0.2) is 13.8 Å². The van der Waals surface area contributed by atoms with Crippen molar-refractivity contribution in [1.82, 2.24) is 15.0 Å². The molecule has 0 atom stereocenters. The van der Waals surface area contributed by atoms with Crippen LogP contribution < -0.4 is 15.4 Å². The van der Waals surface area contributed by atoms with Gasteiger partial charge >= 0.3 is 0 Å². The van der Waals surface area contributed by atoms with Crippen molar-refractivity contribution in [1.29, 1.82) is 0 Å². The smallest absolute Gasteiger partial charge is 0.274 e. The SMILES string of the molecule is CN1C(C)(C)CC(Oc2ccc(C(=O)Nc3ccc(CC(=O)Nc4cc(C(C)(CF)CF)on4)cc3)nc2)CC1(C)C. The van der Waals surface area contributed by atoms with Crippen molar-refractivity contribution in [2.24, 2.45) is 0 Å². The third kappa shape index (κ3) is 7.13. The first-order valence-electron chi connectivity index (χ1n) is 13.9. The zero-order valence-corrected chi connectivity index (χ0v) is 25.0. The minimum Gasteiger partial charge on any atom is -0.489 e. The standard InChI is InChI=1S/C31H39F2N5O4/c1-29(2)15-23(16-30(3,4)38(29)6)41-22-11-12-24(34-17-22)28(40)35-21-9-7-20(8-10-21)13-27(39)36-26-14-25(42-37-26)31(5,18-32)19-33/h7-12,14,17,23H,13,15-16,18-19H2,1-6H3,(H,35,40)(H,36,37,39). The van der Waals surface area contributed by atoms with Crippen molar-refractivity contribution < 1.29 is 27.6 Å². The molecule has 3 aromatic rings. The number of hydrogen-bond donors (Lipinski definition) is 2. The van der Waals surface area contributed by atoms with E-state index in [4.69, 9.17) is 9.26 Å². The lowest BCUT2D eigenvalue weighted by molar-refractivity contribution is -0.115. The number of carbonyl (C=O) groups is 2. The molecule has 1 fully saturated rings. The number of halogens is 2. The Labute approximate surface area is 245 Å². The fourth-order valence-electron chi connectivity index (χ4n) is 5.20. The Kier molecular flexibility index (Phi) is 9.01. The first-order chi connectivity index (χ1) is 19.7. The molecule has 9 nitrogen and oxygen atoms in total. The number of nitrogens with zero attached hydrogens (tertiary/aromatic N) is 3. The number of amides is 2. The van der Waals surface area contributed by atoms with Gasteiger partial charge in [0.15, 0.2) is 5.82 Å². The van der Waals surface area contributed by atoms with Crippen molar-refractivity contribution in [3.05, 3.63) is 65.7 Å². The van der Waals surface area contributed by atoms with E-state index in [0.29, 0.717) is 17.0 Å². The van der Waals surface area contributed by atoms with Gasteiger partial charge in [-0.3, -0.25) is 14.5 Å². The molecular formula is C31H39F2N5O4. The lowest BCUT2D eigenvalue weighted by atomic mass is 9.79. The fourth-order valence-corrected chi connectivity index (χ4v) is 5.20. The molecule has 3 heterocycles.